The Labute approximate surface area is 268 Å². The summed E-state index contributed by atoms with van der Waals surface area (Å²) < 4.78 is 12.1. The number of hydrogen-bond acceptors (Lipinski definition) is 9. The van der Waals surface area contributed by atoms with Gasteiger partial charge in [0.1, 0.15) is 18.2 Å². The van der Waals surface area contributed by atoms with Gasteiger partial charge in [0.25, 0.3) is 0 Å². The fourth-order valence-electron chi connectivity index (χ4n) is 6.65. The number of nitrogens with zero attached hydrogens (tertiary/aromatic N) is 5. The van der Waals surface area contributed by atoms with Crippen molar-refractivity contribution in [3.8, 4) is 23.1 Å². The lowest BCUT2D eigenvalue weighted by Crippen LogP contribution is -2.48. The quantitative estimate of drug-likeness (QED) is 0.295. The predicted octanol–water partition coefficient (Wildman–Crippen LogP) is 4.98. The van der Waals surface area contributed by atoms with Crippen molar-refractivity contribution in [1.82, 2.24) is 14.9 Å². The summed E-state index contributed by atoms with van der Waals surface area (Å²) in [5, 5.41) is 19.5. The molecule has 1 saturated heterocycles. The summed E-state index contributed by atoms with van der Waals surface area (Å²) in [7, 11) is 0. The van der Waals surface area contributed by atoms with Crippen molar-refractivity contribution in [2.75, 3.05) is 56.6 Å². The molecule has 0 unspecified atom stereocenters. The minimum atomic E-state index is -1.22. The van der Waals surface area contributed by atoms with Gasteiger partial charge in [0.05, 0.1) is 18.4 Å². The van der Waals surface area contributed by atoms with E-state index >= 15 is 0 Å². The van der Waals surface area contributed by atoms with Gasteiger partial charge in [-0.2, -0.15) is 10.2 Å². The zero-order valence-corrected chi connectivity index (χ0v) is 26.1. The second kappa shape index (κ2) is 13.6. The second-order valence-electron chi connectivity index (χ2n) is 12.3. The number of carbonyl (C=O) groups is 1. The Kier molecular flexibility index (Phi) is 9.40. The third-order valence-corrected chi connectivity index (χ3v) is 9.71. The summed E-state index contributed by atoms with van der Waals surface area (Å²) >= 11 is 6.00. The van der Waals surface area contributed by atoms with Crippen molar-refractivity contribution in [2.24, 2.45) is 11.3 Å². The van der Waals surface area contributed by atoms with Gasteiger partial charge in [0.2, 0.25) is 5.95 Å². The third kappa shape index (κ3) is 7.01. The first-order chi connectivity index (χ1) is 21.8. The number of anilines is 2. The molecule has 6 rings (SSSR count). The maximum Gasteiger partial charge on any atom is 0.324 e. The van der Waals surface area contributed by atoms with Gasteiger partial charge >= 0.3 is 5.97 Å². The highest BCUT2D eigenvalue weighted by molar-refractivity contribution is 6.30. The number of carboxylic acids is 1. The molecule has 1 aliphatic heterocycles. The van der Waals surface area contributed by atoms with E-state index < -0.39 is 11.4 Å². The van der Waals surface area contributed by atoms with Crippen LogP contribution in [0.15, 0.2) is 42.5 Å². The molecule has 2 aromatic carbocycles. The molecule has 1 saturated carbocycles. The largest absolute Gasteiger partial charge is 0.489 e. The Morgan fingerprint density at radius 1 is 1.09 bits per heavy atom. The van der Waals surface area contributed by atoms with Crippen molar-refractivity contribution in [3.63, 3.8) is 0 Å². The average molecular weight is 631 g/mol. The molecule has 0 amide bonds. The van der Waals surface area contributed by atoms with Crippen LogP contribution in [0.3, 0.4) is 0 Å². The van der Waals surface area contributed by atoms with Crippen LogP contribution in [0, 0.1) is 22.7 Å². The third-order valence-electron chi connectivity index (χ3n) is 9.46. The highest BCUT2D eigenvalue weighted by atomic mass is 35.5. The first kappa shape index (κ1) is 31.1. The van der Waals surface area contributed by atoms with Gasteiger partial charge in [-0.15, -0.1) is 0 Å². The van der Waals surface area contributed by atoms with Crippen molar-refractivity contribution >= 4 is 29.3 Å². The Morgan fingerprint density at radius 2 is 1.84 bits per heavy atom. The lowest BCUT2D eigenvalue weighted by Gasteiger charge is -2.37. The van der Waals surface area contributed by atoms with Crippen LogP contribution in [0.1, 0.15) is 42.4 Å². The molecular formula is C34H39ClN6O4. The molecule has 11 heteroatoms. The molecule has 2 aliphatic carbocycles. The van der Waals surface area contributed by atoms with E-state index in [0.717, 1.165) is 79.5 Å². The number of hydrogen-bond donors (Lipinski definition) is 2. The van der Waals surface area contributed by atoms with Crippen molar-refractivity contribution < 1.29 is 19.4 Å². The molecule has 236 valence electrons. The number of aliphatic carboxylic acids is 1. The van der Waals surface area contributed by atoms with Crippen LogP contribution in [-0.4, -0.2) is 71.9 Å². The number of rotatable bonds is 10. The number of piperazine rings is 1. The van der Waals surface area contributed by atoms with E-state index in [1.54, 1.807) is 0 Å². The maximum atomic E-state index is 11.5. The van der Waals surface area contributed by atoms with Crippen LogP contribution in [0.25, 0.3) is 11.3 Å². The predicted molar refractivity (Wildman–Crippen MR) is 172 cm³/mol. The summed E-state index contributed by atoms with van der Waals surface area (Å²) in [4.78, 5) is 25.6. The maximum absolute atomic E-state index is 11.5. The molecule has 45 heavy (non-hydrogen) atoms. The zero-order valence-electron chi connectivity index (χ0n) is 25.4. The Bertz CT molecular complexity index is 1560. The van der Waals surface area contributed by atoms with Gasteiger partial charge in [-0.1, -0.05) is 23.7 Å². The number of aromatic nitrogens is 2. The summed E-state index contributed by atoms with van der Waals surface area (Å²) in [6, 6.07) is 15.9. The number of benzene rings is 2. The fourth-order valence-corrected chi connectivity index (χ4v) is 6.77. The SMILES string of the molecule is N#C[C@]1(C(=O)O)CC[C@H](COCCN2CCN(c3nc(N)nc4c3CCc3cc(OCc5ccc(Cl)cc5)ccc3-4)CC2)CC1. The topological polar surface area (TPSA) is 138 Å². The van der Waals surface area contributed by atoms with Gasteiger partial charge in [0, 0.05) is 55.5 Å². The Hall–Kier alpha value is -3.91. The molecule has 10 nitrogen and oxygen atoms in total. The lowest BCUT2D eigenvalue weighted by molar-refractivity contribution is -0.147. The van der Waals surface area contributed by atoms with E-state index in [0.29, 0.717) is 56.4 Å². The molecule has 2 heterocycles. The molecule has 3 N–H and O–H groups in total. The monoisotopic (exact) mass is 630 g/mol. The summed E-state index contributed by atoms with van der Waals surface area (Å²) in [5.74, 6) is 1.37. The number of fused-ring (bicyclic) bond motifs is 3. The van der Waals surface area contributed by atoms with E-state index in [1.165, 1.54) is 5.56 Å². The van der Waals surface area contributed by atoms with Crippen LogP contribution >= 0.6 is 11.6 Å². The van der Waals surface area contributed by atoms with E-state index in [-0.39, 0.29) is 5.95 Å². The first-order valence-corrected chi connectivity index (χ1v) is 16.1. The van der Waals surface area contributed by atoms with E-state index in [2.05, 4.69) is 26.9 Å². The highest BCUT2D eigenvalue weighted by Gasteiger charge is 2.42. The minimum Gasteiger partial charge on any atom is -0.489 e. The van der Waals surface area contributed by atoms with Gasteiger partial charge in [-0.25, -0.2) is 4.98 Å². The number of nitriles is 1. The molecule has 0 radical (unpaired) electrons. The number of carboxylic acid groups (broad SMARTS) is 1. The summed E-state index contributed by atoms with van der Waals surface area (Å²) in [5.41, 5.74) is 10.4. The number of ether oxygens (including phenoxy) is 2. The standard InChI is InChI=1S/C34H39ClN6O4/c35-26-4-1-23(2-5-26)21-45-27-6-8-28-25(19-27)3-7-29-30(28)38-33(37)39-31(29)41-15-13-40(14-16-41)17-18-44-20-24-9-11-34(22-36,12-10-24)32(42)43/h1-2,4-6,8,19,24H,3,7,9-18,20-21H2,(H,42,43)(H2,37,38,39)/t24-,34-. The van der Waals surface area contributed by atoms with Crippen molar-refractivity contribution in [2.45, 2.75) is 45.1 Å². The lowest BCUT2D eigenvalue weighted by atomic mass is 9.71. The van der Waals surface area contributed by atoms with Crippen molar-refractivity contribution in [3.05, 3.63) is 64.2 Å². The van der Waals surface area contributed by atoms with E-state index in [9.17, 15) is 15.2 Å². The van der Waals surface area contributed by atoms with Crippen LogP contribution in [0.4, 0.5) is 11.8 Å². The van der Waals surface area contributed by atoms with Gasteiger partial charge in [-0.05, 0) is 85.9 Å². The fraction of sp³-hybridized carbons (Fsp3) is 0.471. The second-order valence-corrected chi connectivity index (χ2v) is 12.7. The van der Waals surface area contributed by atoms with Gasteiger partial charge < -0.3 is 25.2 Å². The molecule has 3 aliphatic rings. The van der Waals surface area contributed by atoms with Gasteiger partial charge in [-0.3, -0.25) is 9.69 Å². The number of nitrogens with two attached hydrogens (primary N) is 1. The van der Waals surface area contributed by atoms with Crippen molar-refractivity contribution in [1.29, 1.82) is 5.26 Å². The highest BCUT2D eigenvalue weighted by Crippen LogP contribution is 2.40. The Balaban J connectivity index is 1.00. The minimum absolute atomic E-state index is 0.286. The molecular weight excluding hydrogens is 592 g/mol. The summed E-state index contributed by atoms with van der Waals surface area (Å²) in [6.45, 7) is 6.07. The molecule has 2 fully saturated rings. The molecule has 1 aromatic heterocycles. The zero-order chi connectivity index (χ0) is 31.4. The number of halogens is 1. The first-order valence-electron chi connectivity index (χ1n) is 15.7. The van der Waals surface area contributed by atoms with E-state index in [1.807, 2.05) is 36.4 Å². The normalized spacial score (nSPS) is 21.4. The molecule has 0 bridgehead atoms. The molecule has 0 spiro atoms. The van der Waals surface area contributed by atoms with Crippen LogP contribution in [0.2, 0.25) is 5.02 Å². The average Bonchev–Trinajstić information content (AvgIpc) is 3.06. The number of aryl methyl sites for hydroxylation is 1. The van der Waals surface area contributed by atoms with Crippen LogP contribution in [0.5, 0.6) is 5.75 Å². The molecule has 3 aromatic rings. The summed E-state index contributed by atoms with van der Waals surface area (Å²) in [6.07, 6.45) is 3.96. The smallest absolute Gasteiger partial charge is 0.324 e. The molecule has 0 atom stereocenters. The Morgan fingerprint density at radius 3 is 2.56 bits per heavy atom. The van der Waals surface area contributed by atoms with E-state index in [4.69, 9.17) is 31.8 Å². The van der Waals surface area contributed by atoms with Crippen LogP contribution in [-0.2, 0) is 29.0 Å². The van der Waals surface area contributed by atoms with Crippen LogP contribution < -0.4 is 15.4 Å². The number of nitrogen functional groups attached to an aromatic ring is 1. The van der Waals surface area contributed by atoms with Gasteiger partial charge in [0.15, 0.2) is 5.41 Å².